The lowest BCUT2D eigenvalue weighted by atomic mass is 10.1. The van der Waals surface area contributed by atoms with E-state index >= 15 is 0 Å². The first-order valence-corrected chi connectivity index (χ1v) is 9.26. The average Bonchev–Trinajstić information content (AvgIpc) is 3.05. The lowest BCUT2D eigenvalue weighted by Gasteiger charge is -2.10. The number of rotatable bonds is 7. The Balaban J connectivity index is 1.63. The maximum atomic E-state index is 12.5. The summed E-state index contributed by atoms with van der Waals surface area (Å²) in [4.78, 5) is 12.5. The molecular weight excluding hydrogens is 354 g/mol. The molecule has 1 aromatic heterocycles. The fraction of sp³-hybridized carbons (Fsp3) is 0.286. The van der Waals surface area contributed by atoms with Crippen LogP contribution >= 0.6 is 0 Å². The van der Waals surface area contributed by atoms with Crippen molar-refractivity contribution in [3.05, 3.63) is 65.5 Å². The molecule has 0 atom stereocenters. The lowest BCUT2D eigenvalue weighted by Crippen LogP contribution is -2.26. The molecule has 0 saturated heterocycles. The maximum Gasteiger partial charge on any atom is 0.273 e. The predicted octanol–water partition coefficient (Wildman–Crippen LogP) is 2.92. The van der Waals surface area contributed by atoms with Gasteiger partial charge in [-0.05, 0) is 69.2 Å². The van der Waals surface area contributed by atoms with Gasteiger partial charge in [0.05, 0.1) is 17.5 Å². The van der Waals surface area contributed by atoms with Crippen LogP contribution in [-0.2, 0) is 6.42 Å². The van der Waals surface area contributed by atoms with Crippen molar-refractivity contribution in [3.8, 4) is 11.4 Å². The van der Waals surface area contributed by atoms with Gasteiger partial charge in [-0.25, -0.2) is 4.68 Å². The molecule has 0 unspecified atom stereocenters. The highest BCUT2D eigenvalue weighted by atomic mass is 16.5. The quantitative estimate of drug-likeness (QED) is 0.616. The molecule has 28 heavy (non-hydrogen) atoms. The molecule has 0 radical (unpaired) electrons. The van der Waals surface area contributed by atoms with E-state index in [2.05, 4.69) is 15.6 Å². The summed E-state index contributed by atoms with van der Waals surface area (Å²) in [5.41, 5.74) is 9.34. The molecule has 3 aromatic rings. The van der Waals surface area contributed by atoms with Gasteiger partial charge in [0.1, 0.15) is 5.75 Å². The van der Waals surface area contributed by atoms with Gasteiger partial charge in [-0.2, -0.15) is 0 Å². The van der Waals surface area contributed by atoms with Gasteiger partial charge >= 0.3 is 0 Å². The van der Waals surface area contributed by atoms with Crippen molar-refractivity contribution in [2.24, 2.45) is 0 Å². The van der Waals surface area contributed by atoms with E-state index in [0.717, 1.165) is 29.1 Å². The minimum absolute atomic E-state index is 0.113. The van der Waals surface area contributed by atoms with Gasteiger partial charge < -0.3 is 15.8 Å². The van der Waals surface area contributed by atoms with Gasteiger partial charge in [0.15, 0.2) is 5.69 Å². The molecule has 3 N–H and O–H groups in total. The molecule has 3 rings (SSSR count). The fourth-order valence-corrected chi connectivity index (χ4v) is 2.81. The summed E-state index contributed by atoms with van der Waals surface area (Å²) < 4.78 is 7.30. The van der Waals surface area contributed by atoms with Crippen molar-refractivity contribution >= 4 is 11.6 Å². The van der Waals surface area contributed by atoms with Crippen LogP contribution < -0.4 is 15.8 Å². The highest BCUT2D eigenvalue weighted by Crippen LogP contribution is 2.18. The molecule has 1 heterocycles. The van der Waals surface area contributed by atoms with E-state index in [1.807, 2.05) is 69.3 Å². The van der Waals surface area contributed by atoms with E-state index in [1.165, 1.54) is 0 Å². The van der Waals surface area contributed by atoms with Gasteiger partial charge in [0.2, 0.25) is 0 Å². The second kappa shape index (κ2) is 8.56. The van der Waals surface area contributed by atoms with E-state index in [9.17, 15) is 4.79 Å². The van der Waals surface area contributed by atoms with Crippen LogP contribution in [0.1, 0.15) is 35.6 Å². The van der Waals surface area contributed by atoms with Crippen LogP contribution in [0.25, 0.3) is 5.69 Å². The molecule has 146 valence electrons. The molecular formula is C21H25N5O2. The van der Waals surface area contributed by atoms with Crippen molar-refractivity contribution in [2.45, 2.75) is 33.3 Å². The number of nitrogens with one attached hydrogen (secondary N) is 1. The van der Waals surface area contributed by atoms with E-state index in [0.29, 0.717) is 17.9 Å². The van der Waals surface area contributed by atoms with Crippen molar-refractivity contribution in [1.82, 2.24) is 20.3 Å². The topological polar surface area (TPSA) is 95.1 Å². The Morgan fingerprint density at radius 2 is 1.82 bits per heavy atom. The van der Waals surface area contributed by atoms with Crippen molar-refractivity contribution in [3.63, 3.8) is 0 Å². The molecule has 2 aromatic carbocycles. The maximum absolute atomic E-state index is 12.5. The third-order valence-electron chi connectivity index (χ3n) is 4.24. The number of anilines is 1. The molecule has 1 amide bonds. The zero-order valence-corrected chi connectivity index (χ0v) is 16.3. The zero-order chi connectivity index (χ0) is 20.1. The Hall–Kier alpha value is -3.35. The third-order valence-corrected chi connectivity index (χ3v) is 4.24. The molecule has 0 bridgehead atoms. The van der Waals surface area contributed by atoms with Crippen LogP contribution in [0.3, 0.4) is 0 Å². The van der Waals surface area contributed by atoms with Crippen LogP contribution in [0.2, 0.25) is 0 Å². The number of hydrogen-bond acceptors (Lipinski definition) is 5. The molecule has 0 fully saturated rings. The lowest BCUT2D eigenvalue weighted by molar-refractivity contribution is 0.0948. The number of hydrogen-bond donors (Lipinski definition) is 2. The molecule has 7 nitrogen and oxygen atoms in total. The Morgan fingerprint density at radius 1 is 1.14 bits per heavy atom. The number of carbonyl (C=O) groups excluding carboxylic acids is 1. The Kier molecular flexibility index (Phi) is 5.93. The van der Waals surface area contributed by atoms with E-state index in [1.54, 1.807) is 4.68 Å². The van der Waals surface area contributed by atoms with Crippen LogP contribution in [0.5, 0.6) is 5.75 Å². The molecule has 7 heteroatoms. The number of carbonyl (C=O) groups is 1. The number of amides is 1. The summed E-state index contributed by atoms with van der Waals surface area (Å²) in [6.45, 7) is 6.30. The monoisotopic (exact) mass is 379 g/mol. The van der Waals surface area contributed by atoms with Crippen LogP contribution in [-0.4, -0.2) is 33.5 Å². The molecule has 0 aliphatic heterocycles. The Bertz CT molecular complexity index is 930. The largest absolute Gasteiger partial charge is 0.491 e. The number of ether oxygens (including phenoxy) is 1. The number of nitrogen functional groups attached to an aromatic ring is 1. The Morgan fingerprint density at radius 3 is 2.46 bits per heavy atom. The van der Waals surface area contributed by atoms with Gasteiger partial charge in [-0.3, -0.25) is 4.79 Å². The smallest absolute Gasteiger partial charge is 0.273 e. The first-order chi connectivity index (χ1) is 13.4. The molecule has 0 aliphatic carbocycles. The minimum Gasteiger partial charge on any atom is -0.491 e. The first-order valence-electron chi connectivity index (χ1n) is 9.26. The van der Waals surface area contributed by atoms with E-state index < -0.39 is 0 Å². The van der Waals surface area contributed by atoms with Crippen molar-refractivity contribution in [2.75, 3.05) is 12.3 Å². The minimum atomic E-state index is -0.237. The van der Waals surface area contributed by atoms with Crippen molar-refractivity contribution in [1.29, 1.82) is 0 Å². The first kappa shape index (κ1) is 19.4. The molecule has 0 aliphatic rings. The van der Waals surface area contributed by atoms with Crippen LogP contribution in [0.15, 0.2) is 48.5 Å². The van der Waals surface area contributed by atoms with Crippen molar-refractivity contribution < 1.29 is 9.53 Å². The number of nitrogens with zero attached hydrogens (tertiary/aromatic N) is 3. The summed E-state index contributed by atoms with van der Waals surface area (Å²) in [7, 11) is 0. The Labute approximate surface area is 164 Å². The van der Waals surface area contributed by atoms with Crippen LogP contribution in [0.4, 0.5) is 5.69 Å². The average molecular weight is 379 g/mol. The SMILES string of the molecule is Cc1c(C(=O)NCCc2ccc(N)cc2)nnn1-c1ccc(OC(C)C)cc1. The molecule has 0 saturated carbocycles. The fourth-order valence-electron chi connectivity index (χ4n) is 2.81. The summed E-state index contributed by atoms with van der Waals surface area (Å²) in [6.07, 6.45) is 0.832. The second-order valence-electron chi connectivity index (χ2n) is 6.84. The van der Waals surface area contributed by atoms with Gasteiger partial charge in [0, 0.05) is 12.2 Å². The molecule has 0 spiro atoms. The third kappa shape index (κ3) is 4.68. The van der Waals surface area contributed by atoms with E-state index in [4.69, 9.17) is 10.5 Å². The summed E-state index contributed by atoms with van der Waals surface area (Å²) in [5, 5.41) is 11.1. The normalized spacial score (nSPS) is 10.9. The second-order valence-corrected chi connectivity index (χ2v) is 6.84. The zero-order valence-electron chi connectivity index (χ0n) is 16.3. The standard InChI is InChI=1S/C21H25N5O2/c1-14(2)28-19-10-8-18(9-11-19)26-15(3)20(24-25-26)21(27)23-13-12-16-4-6-17(22)7-5-16/h4-11,14H,12-13,22H2,1-3H3,(H,23,27). The van der Waals surface area contributed by atoms with Crippen LogP contribution in [0, 0.1) is 6.92 Å². The number of benzene rings is 2. The number of aromatic nitrogens is 3. The summed E-state index contributed by atoms with van der Waals surface area (Å²) >= 11 is 0. The highest BCUT2D eigenvalue weighted by molar-refractivity contribution is 5.93. The van der Waals surface area contributed by atoms with Gasteiger partial charge in [-0.1, -0.05) is 17.3 Å². The van der Waals surface area contributed by atoms with E-state index in [-0.39, 0.29) is 12.0 Å². The predicted molar refractivity (Wildman–Crippen MR) is 109 cm³/mol. The van der Waals surface area contributed by atoms with Gasteiger partial charge in [0.25, 0.3) is 5.91 Å². The number of nitrogens with two attached hydrogens (primary N) is 1. The summed E-state index contributed by atoms with van der Waals surface area (Å²) in [6, 6.07) is 15.1. The van der Waals surface area contributed by atoms with Gasteiger partial charge in [-0.15, -0.1) is 5.10 Å². The summed E-state index contributed by atoms with van der Waals surface area (Å²) in [5.74, 6) is 0.552. The highest BCUT2D eigenvalue weighted by Gasteiger charge is 2.17.